The van der Waals surface area contributed by atoms with Crippen molar-refractivity contribution in [2.24, 2.45) is 7.05 Å². The maximum atomic E-state index is 11.9. The van der Waals surface area contributed by atoms with E-state index < -0.39 is 0 Å². The lowest BCUT2D eigenvalue weighted by Gasteiger charge is -1.99. The molecule has 0 saturated heterocycles. The SMILES string of the molecule is Cn1ccc(C(=O)Nc2[nH]nc3sccc23)c1. The van der Waals surface area contributed by atoms with E-state index in [1.54, 1.807) is 12.3 Å². The summed E-state index contributed by atoms with van der Waals surface area (Å²) >= 11 is 1.54. The molecular weight excluding hydrogens is 236 g/mol. The van der Waals surface area contributed by atoms with Crippen molar-refractivity contribution in [3.63, 3.8) is 0 Å². The highest BCUT2D eigenvalue weighted by atomic mass is 32.1. The molecule has 0 aliphatic carbocycles. The maximum Gasteiger partial charge on any atom is 0.258 e. The van der Waals surface area contributed by atoms with E-state index in [1.807, 2.05) is 29.3 Å². The number of nitrogens with one attached hydrogen (secondary N) is 2. The van der Waals surface area contributed by atoms with Crippen LogP contribution in [-0.4, -0.2) is 20.7 Å². The molecule has 0 aliphatic heterocycles. The van der Waals surface area contributed by atoms with E-state index in [-0.39, 0.29) is 5.91 Å². The molecule has 3 aromatic rings. The molecule has 0 radical (unpaired) electrons. The first-order valence-corrected chi connectivity index (χ1v) is 5.97. The highest BCUT2D eigenvalue weighted by Gasteiger charge is 2.11. The van der Waals surface area contributed by atoms with Gasteiger partial charge in [-0.2, -0.15) is 5.10 Å². The van der Waals surface area contributed by atoms with Crippen LogP contribution in [-0.2, 0) is 7.05 Å². The fraction of sp³-hybridized carbons (Fsp3) is 0.0909. The molecule has 17 heavy (non-hydrogen) atoms. The third kappa shape index (κ3) is 1.72. The van der Waals surface area contributed by atoms with Crippen molar-refractivity contribution < 1.29 is 4.79 Å². The molecule has 0 unspecified atom stereocenters. The fourth-order valence-electron chi connectivity index (χ4n) is 1.66. The van der Waals surface area contributed by atoms with Crippen LogP contribution < -0.4 is 5.32 Å². The predicted molar refractivity (Wildman–Crippen MR) is 67.3 cm³/mol. The number of rotatable bonds is 2. The molecule has 2 N–H and O–H groups in total. The minimum absolute atomic E-state index is 0.137. The quantitative estimate of drug-likeness (QED) is 0.728. The Morgan fingerprint density at radius 1 is 1.53 bits per heavy atom. The topological polar surface area (TPSA) is 62.7 Å². The van der Waals surface area contributed by atoms with Crippen LogP contribution in [0.4, 0.5) is 5.82 Å². The number of carbonyl (C=O) groups is 1. The molecule has 0 fully saturated rings. The number of aryl methyl sites for hydroxylation is 1. The molecule has 0 spiro atoms. The van der Waals surface area contributed by atoms with Gasteiger partial charge in [-0.25, -0.2) is 0 Å². The molecule has 5 nitrogen and oxygen atoms in total. The van der Waals surface area contributed by atoms with E-state index in [4.69, 9.17) is 0 Å². The van der Waals surface area contributed by atoms with Crippen LogP contribution in [0.15, 0.2) is 29.9 Å². The normalized spacial score (nSPS) is 10.9. The zero-order valence-electron chi connectivity index (χ0n) is 9.10. The molecule has 3 rings (SSSR count). The van der Waals surface area contributed by atoms with Crippen molar-refractivity contribution in [1.82, 2.24) is 14.8 Å². The zero-order chi connectivity index (χ0) is 11.8. The van der Waals surface area contributed by atoms with Gasteiger partial charge in [-0.1, -0.05) is 0 Å². The number of aromatic amines is 1. The summed E-state index contributed by atoms with van der Waals surface area (Å²) in [6.07, 6.45) is 3.61. The van der Waals surface area contributed by atoms with Gasteiger partial charge < -0.3 is 9.88 Å². The van der Waals surface area contributed by atoms with Gasteiger partial charge in [-0.15, -0.1) is 11.3 Å². The van der Waals surface area contributed by atoms with E-state index in [1.165, 1.54) is 11.3 Å². The van der Waals surface area contributed by atoms with Crippen molar-refractivity contribution in [3.8, 4) is 0 Å². The van der Waals surface area contributed by atoms with Gasteiger partial charge in [0.15, 0.2) is 0 Å². The number of anilines is 1. The van der Waals surface area contributed by atoms with Crippen LogP contribution in [0.1, 0.15) is 10.4 Å². The molecule has 0 aliphatic rings. The first-order chi connectivity index (χ1) is 8.24. The van der Waals surface area contributed by atoms with Crippen molar-refractivity contribution in [2.75, 3.05) is 5.32 Å². The van der Waals surface area contributed by atoms with Gasteiger partial charge in [-0.3, -0.25) is 9.89 Å². The van der Waals surface area contributed by atoms with Crippen molar-refractivity contribution >= 4 is 33.3 Å². The van der Waals surface area contributed by atoms with Gasteiger partial charge in [0.25, 0.3) is 5.91 Å². The number of thiophene rings is 1. The molecular formula is C11H10N4OS. The van der Waals surface area contributed by atoms with E-state index in [0.29, 0.717) is 11.4 Å². The van der Waals surface area contributed by atoms with Gasteiger partial charge in [-0.05, 0) is 17.5 Å². The number of H-pyrrole nitrogens is 1. The van der Waals surface area contributed by atoms with E-state index >= 15 is 0 Å². The van der Waals surface area contributed by atoms with Crippen LogP contribution in [0.2, 0.25) is 0 Å². The van der Waals surface area contributed by atoms with Crippen LogP contribution in [0.5, 0.6) is 0 Å². The van der Waals surface area contributed by atoms with Crippen molar-refractivity contribution in [1.29, 1.82) is 0 Å². The van der Waals surface area contributed by atoms with Gasteiger partial charge in [0.2, 0.25) is 0 Å². The van der Waals surface area contributed by atoms with Gasteiger partial charge in [0, 0.05) is 19.4 Å². The molecule has 0 aromatic carbocycles. The second kappa shape index (κ2) is 3.74. The van der Waals surface area contributed by atoms with Crippen LogP contribution >= 0.6 is 11.3 Å². The average molecular weight is 246 g/mol. The van der Waals surface area contributed by atoms with Crippen molar-refractivity contribution in [3.05, 3.63) is 35.5 Å². The average Bonchev–Trinajstić information content (AvgIpc) is 2.96. The Morgan fingerprint density at radius 3 is 3.18 bits per heavy atom. The minimum Gasteiger partial charge on any atom is -0.356 e. The largest absolute Gasteiger partial charge is 0.356 e. The Hall–Kier alpha value is -2.08. The Balaban J connectivity index is 1.88. The van der Waals surface area contributed by atoms with Gasteiger partial charge >= 0.3 is 0 Å². The smallest absolute Gasteiger partial charge is 0.258 e. The minimum atomic E-state index is -0.137. The summed E-state index contributed by atoms with van der Waals surface area (Å²) in [4.78, 5) is 12.8. The zero-order valence-corrected chi connectivity index (χ0v) is 9.91. The summed E-state index contributed by atoms with van der Waals surface area (Å²) in [6, 6.07) is 3.71. The number of carbonyl (C=O) groups excluding carboxylic acids is 1. The number of amides is 1. The van der Waals surface area contributed by atoms with E-state index in [2.05, 4.69) is 15.5 Å². The van der Waals surface area contributed by atoms with E-state index in [9.17, 15) is 4.79 Å². The first kappa shape index (κ1) is 10.1. The van der Waals surface area contributed by atoms with Crippen LogP contribution in [0, 0.1) is 0 Å². The van der Waals surface area contributed by atoms with E-state index in [0.717, 1.165) is 10.2 Å². The molecule has 6 heteroatoms. The molecule has 3 aromatic heterocycles. The lowest BCUT2D eigenvalue weighted by atomic mass is 10.3. The third-order valence-corrected chi connectivity index (χ3v) is 3.32. The summed E-state index contributed by atoms with van der Waals surface area (Å²) in [5, 5.41) is 12.6. The van der Waals surface area contributed by atoms with Gasteiger partial charge in [0.1, 0.15) is 10.6 Å². The van der Waals surface area contributed by atoms with Crippen molar-refractivity contribution in [2.45, 2.75) is 0 Å². The standard InChI is InChI=1S/C11H10N4OS/c1-15-4-2-7(6-15)10(16)12-9-8-3-5-17-11(8)14-13-9/h2-6H,1H3,(H2,12,13,14,16). The van der Waals surface area contributed by atoms with Gasteiger partial charge in [0.05, 0.1) is 10.9 Å². The Bertz CT molecular complexity index is 678. The summed E-state index contributed by atoms with van der Waals surface area (Å²) < 4.78 is 1.84. The predicted octanol–water partition coefficient (Wildman–Crippen LogP) is 2.22. The second-order valence-corrected chi connectivity index (χ2v) is 4.65. The Morgan fingerprint density at radius 2 is 2.41 bits per heavy atom. The fourth-order valence-corrected chi connectivity index (χ4v) is 2.39. The first-order valence-electron chi connectivity index (χ1n) is 5.09. The lowest BCUT2D eigenvalue weighted by Crippen LogP contribution is -2.11. The van der Waals surface area contributed by atoms with Crippen LogP contribution in [0.3, 0.4) is 0 Å². The molecule has 3 heterocycles. The monoisotopic (exact) mass is 246 g/mol. The number of fused-ring (bicyclic) bond motifs is 1. The summed E-state index contributed by atoms with van der Waals surface area (Å²) in [5.41, 5.74) is 0.630. The highest BCUT2D eigenvalue weighted by Crippen LogP contribution is 2.25. The molecule has 0 atom stereocenters. The Kier molecular flexibility index (Phi) is 2.22. The van der Waals surface area contributed by atoms with Crippen LogP contribution in [0.25, 0.3) is 10.2 Å². The number of aromatic nitrogens is 3. The molecule has 86 valence electrons. The third-order valence-electron chi connectivity index (χ3n) is 2.52. The molecule has 0 saturated carbocycles. The summed E-state index contributed by atoms with van der Waals surface area (Å²) in [6.45, 7) is 0. The molecule has 0 bridgehead atoms. The second-order valence-electron chi connectivity index (χ2n) is 3.76. The number of nitrogens with zero attached hydrogens (tertiary/aromatic N) is 2. The number of hydrogen-bond acceptors (Lipinski definition) is 3. The highest BCUT2D eigenvalue weighted by molar-refractivity contribution is 7.16. The lowest BCUT2D eigenvalue weighted by molar-refractivity contribution is 0.102. The number of hydrogen-bond donors (Lipinski definition) is 2. The maximum absolute atomic E-state index is 11.9. The summed E-state index contributed by atoms with van der Waals surface area (Å²) in [5.74, 6) is 0.512. The summed E-state index contributed by atoms with van der Waals surface area (Å²) in [7, 11) is 1.88. The Labute approximate surface area is 101 Å². The molecule has 1 amide bonds.